The molecule has 1 heterocycles. The third kappa shape index (κ3) is 3.41. The molecule has 0 bridgehead atoms. The Bertz CT molecular complexity index is 599. The number of rotatable bonds is 2. The van der Waals surface area contributed by atoms with Gasteiger partial charge in [0.15, 0.2) is 0 Å². The summed E-state index contributed by atoms with van der Waals surface area (Å²) >= 11 is 12.0. The zero-order valence-corrected chi connectivity index (χ0v) is 14.8. The van der Waals surface area contributed by atoms with Crippen molar-refractivity contribution < 1.29 is 10.4 Å². The second-order valence-electron chi connectivity index (χ2n) is 6.56. The highest BCUT2D eigenvalue weighted by atomic mass is 35.5. The zero-order chi connectivity index (χ0) is 16.6. The van der Waals surface area contributed by atoms with Crippen molar-refractivity contribution in [2.45, 2.75) is 32.0 Å². The minimum absolute atomic E-state index is 0.176. The van der Waals surface area contributed by atoms with E-state index in [1.807, 2.05) is 24.3 Å². The molecule has 2 aromatic carbocycles. The van der Waals surface area contributed by atoms with E-state index in [9.17, 15) is 5.11 Å². The molecule has 1 fully saturated rings. The maximum Gasteiger partial charge on any atom is 0.117 e. The van der Waals surface area contributed by atoms with E-state index in [0.29, 0.717) is 0 Å². The maximum absolute atomic E-state index is 10.7. The summed E-state index contributed by atoms with van der Waals surface area (Å²) in [4.78, 5) is 0. The largest absolute Gasteiger partial charge is 0.392 e. The first-order chi connectivity index (χ1) is 11.0. The first-order valence-electron chi connectivity index (χ1n) is 8.01. The minimum Gasteiger partial charge on any atom is -0.392 e. The summed E-state index contributed by atoms with van der Waals surface area (Å²) in [5.41, 5.74) is 2.40. The number of nitrogens with two attached hydrogens (primary N) is 1. The highest BCUT2D eigenvalue weighted by molar-refractivity contribution is 6.30. The van der Waals surface area contributed by atoms with Crippen molar-refractivity contribution in [1.29, 1.82) is 0 Å². The van der Waals surface area contributed by atoms with Crippen LogP contribution in [0.25, 0.3) is 0 Å². The van der Waals surface area contributed by atoms with Gasteiger partial charge in [-0.25, -0.2) is 0 Å². The average molecular weight is 351 g/mol. The van der Waals surface area contributed by atoms with Crippen LogP contribution in [-0.2, 0) is 0 Å². The zero-order valence-electron chi connectivity index (χ0n) is 13.3. The Kier molecular flexibility index (Phi) is 4.98. The van der Waals surface area contributed by atoms with Crippen molar-refractivity contribution in [3.05, 3.63) is 69.7 Å². The van der Waals surface area contributed by atoms with Crippen LogP contribution in [0.2, 0.25) is 10.0 Å². The third-order valence-corrected chi connectivity index (χ3v) is 5.64. The molecule has 0 amide bonds. The second-order valence-corrected chi connectivity index (χ2v) is 7.43. The molecule has 0 spiro atoms. The molecule has 122 valence electrons. The number of halogens is 2. The lowest BCUT2D eigenvalue weighted by atomic mass is 9.75. The van der Waals surface area contributed by atoms with Gasteiger partial charge in [0.05, 0.1) is 6.10 Å². The quantitative estimate of drug-likeness (QED) is 0.844. The van der Waals surface area contributed by atoms with E-state index in [2.05, 4.69) is 43.4 Å². The Morgan fingerprint density at radius 3 is 1.43 bits per heavy atom. The van der Waals surface area contributed by atoms with E-state index in [1.54, 1.807) is 0 Å². The molecule has 5 atom stereocenters. The Labute approximate surface area is 147 Å². The van der Waals surface area contributed by atoms with Gasteiger partial charge < -0.3 is 10.4 Å². The summed E-state index contributed by atoms with van der Waals surface area (Å²) in [6.45, 7) is 4.24. The Morgan fingerprint density at radius 2 is 1.09 bits per heavy atom. The molecular formula is C19H22Cl2NO+. The fraction of sp³-hybridized carbons (Fsp3) is 0.368. The van der Waals surface area contributed by atoms with Gasteiger partial charge in [-0.1, -0.05) is 61.3 Å². The van der Waals surface area contributed by atoms with Gasteiger partial charge >= 0.3 is 0 Å². The second kappa shape index (κ2) is 6.82. The molecular weight excluding hydrogens is 329 g/mol. The van der Waals surface area contributed by atoms with Crippen LogP contribution in [-0.4, -0.2) is 11.2 Å². The summed E-state index contributed by atoms with van der Waals surface area (Å²) in [6.07, 6.45) is -0.346. The van der Waals surface area contributed by atoms with Crippen LogP contribution in [0.3, 0.4) is 0 Å². The molecule has 3 N–H and O–H groups in total. The van der Waals surface area contributed by atoms with Crippen LogP contribution in [0, 0.1) is 11.8 Å². The summed E-state index contributed by atoms with van der Waals surface area (Å²) in [6, 6.07) is 16.3. The fourth-order valence-electron chi connectivity index (χ4n) is 3.68. The van der Waals surface area contributed by atoms with Gasteiger partial charge in [-0.3, -0.25) is 0 Å². The first-order valence-corrected chi connectivity index (χ1v) is 8.77. The van der Waals surface area contributed by atoms with Gasteiger partial charge in [-0.15, -0.1) is 0 Å². The summed E-state index contributed by atoms with van der Waals surface area (Å²) in [5.74, 6) is 0.351. The lowest BCUT2D eigenvalue weighted by molar-refractivity contribution is -0.760. The lowest BCUT2D eigenvalue weighted by Gasteiger charge is -2.41. The van der Waals surface area contributed by atoms with E-state index in [0.717, 1.165) is 10.0 Å². The fourth-order valence-corrected chi connectivity index (χ4v) is 3.93. The van der Waals surface area contributed by atoms with Gasteiger partial charge in [-0.2, -0.15) is 0 Å². The van der Waals surface area contributed by atoms with Crippen LogP contribution >= 0.6 is 23.2 Å². The molecule has 1 unspecified atom stereocenters. The molecule has 3 rings (SSSR count). The van der Waals surface area contributed by atoms with Crippen molar-refractivity contribution in [2.75, 3.05) is 0 Å². The first kappa shape index (κ1) is 16.8. The van der Waals surface area contributed by atoms with Gasteiger partial charge in [0.2, 0.25) is 0 Å². The molecule has 1 aliphatic heterocycles. The minimum atomic E-state index is -0.346. The number of aliphatic hydroxyl groups excluding tert-OH is 1. The lowest BCUT2D eigenvalue weighted by Crippen LogP contribution is -2.92. The Balaban J connectivity index is 1.92. The van der Waals surface area contributed by atoms with Crippen LogP contribution in [0.1, 0.15) is 37.1 Å². The number of hydrogen-bond acceptors (Lipinski definition) is 1. The van der Waals surface area contributed by atoms with Crippen molar-refractivity contribution in [3.63, 3.8) is 0 Å². The number of quaternary nitrogens is 1. The number of hydrogen-bond donors (Lipinski definition) is 2. The van der Waals surface area contributed by atoms with Crippen molar-refractivity contribution >= 4 is 23.2 Å². The van der Waals surface area contributed by atoms with Crippen molar-refractivity contribution in [2.24, 2.45) is 11.8 Å². The van der Waals surface area contributed by atoms with Crippen LogP contribution in [0.15, 0.2) is 48.5 Å². The summed E-state index contributed by atoms with van der Waals surface area (Å²) in [5, 5.41) is 14.6. The SMILES string of the molecule is C[C@@H]1C(O)[C@H](C)[C@@H](c2ccc(Cl)cc2)[NH2+][C@@H]1c1ccc(Cl)cc1. The molecule has 23 heavy (non-hydrogen) atoms. The van der Waals surface area contributed by atoms with Crippen molar-refractivity contribution in [1.82, 2.24) is 0 Å². The molecule has 0 radical (unpaired) electrons. The summed E-state index contributed by atoms with van der Waals surface area (Å²) < 4.78 is 0. The normalized spacial score (nSPS) is 31.1. The summed E-state index contributed by atoms with van der Waals surface area (Å²) in [7, 11) is 0. The van der Waals surface area contributed by atoms with E-state index in [-0.39, 0.29) is 30.0 Å². The predicted molar refractivity (Wildman–Crippen MR) is 94.6 cm³/mol. The molecule has 2 aromatic rings. The highest BCUT2D eigenvalue weighted by Gasteiger charge is 2.43. The number of piperidine rings is 1. The molecule has 1 saturated heterocycles. The van der Waals surface area contributed by atoms with E-state index >= 15 is 0 Å². The van der Waals surface area contributed by atoms with E-state index < -0.39 is 0 Å². The molecule has 1 aliphatic rings. The molecule has 0 saturated carbocycles. The standard InChI is InChI=1S/C19H21Cl2NO/c1-11-17(13-3-7-15(20)8-4-13)22-18(12(2)19(11)23)14-5-9-16(21)10-6-14/h3-12,17-19,22-23H,1-2H3/p+1/t11-,12+,17-,18-,19?/m0/s1. The predicted octanol–water partition coefficient (Wildman–Crippen LogP) is 3.99. The smallest absolute Gasteiger partial charge is 0.117 e. The number of benzene rings is 2. The van der Waals surface area contributed by atoms with E-state index in [4.69, 9.17) is 23.2 Å². The van der Waals surface area contributed by atoms with E-state index in [1.165, 1.54) is 11.1 Å². The highest BCUT2D eigenvalue weighted by Crippen LogP contribution is 2.35. The maximum atomic E-state index is 10.7. The monoisotopic (exact) mass is 350 g/mol. The molecule has 0 aliphatic carbocycles. The Hall–Kier alpha value is -1.06. The molecule has 4 heteroatoms. The van der Waals surface area contributed by atoms with Gasteiger partial charge in [0.1, 0.15) is 12.1 Å². The molecule has 2 nitrogen and oxygen atoms in total. The van der Waals surface area contributed by atoms with Gasteiger partial charge in [0, 0.05) is 33.0 Å². The Morgan fingerprint density at radius 1 is 0.739 bits per heavy atom. The number of aliphatic hydroxyl groups is 1. The van der Waals surface area contributed by atoms with Crippen LogP contribution < -0.4 is 5.32 Å². The van der Waals surface area contributed by atoms with Crippen LogP contribution in [0.4, 0.5) is 0 Å². The average Bonchev–Trinajstić information content (AvgIpc) is 2.55. The molecule has 0 aromatic heterocycles. The van der Waals surface area contributed by atoms with Crippen molar-refractivity contribution in [3.8, 4) is 0 Å². The third-order valence-electron chi connectivity index (χ3n) is 5.13. The van der Waals surface area contributed by atoms with Gasteiger partial charge in [-0.05, 0) is 24.3 Å². The van der Waals surface area contributed by atoms with Crippen LogP contribution in [0.5, 0.6) is 0 Å². The van der Waals surface area contributed by atoms with Gasteiger partial charge in [0.25, 0.3) is 0 Å². The topological polar surface area (TPSA) is 36.8 Å².